The Balaban J connectivity index is 1.92. The maximum Gasteiger partial charge on any atom is 0.303 e. The Bertz CT molecular complexity index is 855. The number of anilines is 1. The highest BCUT2D eigenvalue weighted by Crippen LogP contribution is 2.41. The average molecular weight is 386 g/mol. The van der Waals surface area contributed by atoms with Crippen molar-refractivity contribution >= 4 is 44.3 Å². The molecule has 2 aliphatic rings. The Morgan fingerprint density at radius 3 is 2.76 bits per heavy atom. The molecule has 2 aliphatic heterocycles. The van der Waals surface area contributed by atoms with E-state index in [1.54, 1.807) is 11.0 Å². The van der Waals surface area contributed by atoms with Crippen LogP contribution in [0.1, 0.15) is 12.8 Å². The fourth-order valence-corrected chi connectivity index (χ4v) is 6.80. The van der Waals surface area contributed by atoms with Gasteiger partial charge in [-0.15, -0.1) is 0 Å². The fourth-order valence-electron chi connectivity index (χ4n) is 2.87. The number of carboxylic acid groups (broad SMARTS) is 1. The molecule has 2 unspecified atom stereocenters. The lowest BCUT2D eigenvalue weighted by molar-refractivity contribution is -0.138. The van der Waals surface area contributed by atoms with Gasteiger partial charge in [-0.1, -0.05) is 17.8 Å². The van der Waals surface area contributed by atoms with Crippen LogP contribution in [0, 0.1) is 5.82 Å². The molecule has 2 saturated heterocycles. The van der Waals surface area contributed by atoms with E-state index in [-0.39, 0.29) is 34.8 Å². The van der Waals surface area contributed by atoms with Crippen molar-refractivity contribution in [1.82, 2.24) is 0 Å². The number of sulfone groups is 1. The molecule has 3 rings (SSSR count). The molecule has 0 aromatic heterocycles. The van der Waals surface area contributed by atoms with Crippen LogP contribution in [-0.2, 0) is 19.4 Å². The molecule has 1 aromatic rings. The molecule has 2 fully saturated rings. The van der Waals surface area contributed by atoms with Gasteiger partial charge in [0.05, 0.1) is 24.0 Å². The number of halogens is 1. The predicted molar refractivity (Wildman–Crippen MR) is 92.0 cm³/mol. The van der Waals surface area contributed by atoms with E-state index in [1.165, 1.54) is 18.2 Å². The first-order valence-corrected chi connectivity index (χ1v) is 10.2. The summed E-state index contributed by atoms with van der Waals surface area (Å²) < 4.78 is 37.4. The van der Waals surface area contributed by atoms with Gasteiger partial charge in [-0.05, 0) is 18.2 Å². The number of hydrogen-bond acceptors (Lipinski definition) is 5. The molecular weight excluding hydrogens is 371 g/mol. The van der Waals surface area contributed by atoms with E-state index in [2.05, 4.69) is 4.99 Å². The normalized spacial score (nSPS) is 26.0. The van der Waals surface area contributed by atoms with Crippen LogP contribution in [-0.4, -0.2) is 53.4 Å². The van der Waals surface area contributed by atoms with Gasteiger partial charge in [0.2, 0.25) is 5.91 Å². The van der Waals surface area contributed by atoms with Crippen molar-refractivity contribution in [2.75, 3.05) is 16.4 Å². The Labute approximate surface area is 147 Å². The Hall–Kier alpha value is -1.94. The number of carboxylic acids is 1. The lowest BCUT2D eigenvalue weighted by Crippen LogP contribution is -2.37. The van der Waals surface area contributed by atoms with Crippen molar-refractivity contribution in [2.24, 2.45) is 4.99 Å². The predicted octanol–water partition coefficient (Wildman–Crippen LogP) is 1.29. The first-order chi connectivity index (χ1) is 11.7. The van der Waals surface area contributed by atoms with Crippen LogP contribution in [0.4, 0.5) is 10.1 Å². The number of thioether (sulfide) groups is 1. The summed E-state index contributed by atoms with van der Waals surface area (Å²) >= 11 is 1.16. The molecule has 1 N–H and O–H groups in total. The summed E-state index contributed by atoms with van der Waals surface area (Å²) in [6.07, 6.45) is -0.578. The molecule has 0 saturated carbocycles. The van der Waals surface area contributed by atoms with Gasteiger partial charge in [0, 0.05) is 17.4 Å². The Kier molecular flexibility index (Phi) is 4.83. The van der Waals surface area contributed by atoms with Gasteiger partial charge in [0.15, 0.2) is 15.0 Å². The highest BCUT2D eigenvalue weighted by atomic mass is 32.2. The van der Waals surface area contributed by atoms with Crippen LogP contribution in [0.3, 0.4) is 0 Å². The van der Waals surface area contributed by atoms with Gasteiger partial charge in [-0.3, -0.25) is 9.59 Å². The van der Waals surface area contributed by atoms with E-state index < -0.39 is 33.6 Å². The third-order valence-electron chi connectivity index (χ3n) is 3.93. The molecule has 134 valence electrons. The number of carbonyl (C=O) groups excluding carboxylic acids is 1. The van der Waals surface area contributed by atoms with E-state index in [0.717, 1.165) is 11.8 Å². The molecule has 10 heteroatoms. The molecule has 7 nitrogen and oxygen atoms in total. The molecule has 2 heterocycles. The second kappa shape index (κ2) is 6.75. The lowest BCUT2D eigenvalue weighted by Gasteiger charge is -2.24. The number of aliphatic imine (C=N–C) groups is 1. The zero-order chi connectivity index (χ0) is 18.2. The first-order valence-electron chi connectivity index (χ1n) is 7.50. The van der Waals surface area contributed by atoms with Gasteiger partial charge < -0.3 is 10.0 Å². The van der Waals surface area contributed by atoms with Gasteiger partial charge in [0.1, 0.15) is 5.82 Å². The number of rotatable bonds is 4. The second-order valence-corrected chi connectivity index (χ2v) is 9.19. The van der Waals surface area contributed by atoms with Gasteiger partial charge in [0.25, 0.3) is 0 Å². The zero-order valence-corrected chi connectivity index (χ0v) is 14.6. The summed E-state index contributed by atoms with van der Waals surface area (Å²) in [7, 11) is -3.20. The third-order valence-corrected chi connectivity index (χ3v) is 7.14. The minimum absolute atomic E-state index is 0.0313. The van der Waals surface area contributed by atoms with Crippen molar-refractivity contribution < 1.29 is 27.5 Å². The number of amides is 1. The smallest absolute Gasteiger partial charge is 0.303 e. The van der Waals surface area contributed by atoms with E-state index in [1.807, 2.05) is 0 Å². The highest BCUT2D eigenvalue weighted by Gasteiger charge is 2.49. The van der Waals surface area contributed by atoms with Crippen molar-refractivity contribution in [2.45, 2.75) is 24.1 Å². The lowest BCUT2D eigenvalue weighted by atomic mass is 10.2. The Morgan fingerprint density at radius 1 is 1.32 bits per heavy atom. The van der Waals surface area contributed by atoms with Crippen molar-refractivity contribution in [3.05, 3.63) is 30.1 Å². The van der Waals surface area contributed by atoms with Crippen LogP contribution in [0.5, 0.6) is 0 Å². The molecule has 0 spiro atoms. The molecule has 0 bridgehead atoms. The standard InChI is InChI=1S/C15H15FN2O5S2/c16-9-2-1-3-10(6-9)18-11-7-25(22,23)8-12(11)24-15(18)17-13(19)4-5-14(20)21/h1-3,6,11-12H,4-5,7-8H2,(H,20,21). The summed E-state index contributed by atoms with van der Waals surface area (Å²) in [5.74, 6) is -2.31. The largest absolute Gasteiger partial charge is 0.481 e. The van der Waals surface area contributed by atoms with Gasteiger partial charge in [-0.25, -0.2) is 12.8 Å². The topological polar surface area (TPSA) is 104 Å². The maximum atomic E-state index is 13.6. The van der Waals surface area contributed by atoms with E-state index in [4.69, 9.17) is 5.11 Å². The number of benzene rings is 1. The maximum absolute atomic E-state index is 13.6. The van der Waals surface area contributed by atoms with Crippen LogP contribution >= 0.6 is 11.8 Å². The summed E-state index contributed by atoms with van der Waals surface area (Å²) in [5, 5.41) is 8.64. The number of fused-ring (bicyclic) bond motifs is 1. The average Bonchev–Trinajstić information content (AvgIpc) is 2.96. The summed E-state index contributed by atoms with van der Waals surface area (Å²) in [6, 6.07) is 5.21. The third kappa shape index (κ3) is 4.01. The number of nitrogens with zero attached hydrogens (tertiary/aromatic N) is 2. The monoisotopic (exact) mass is 386 g/mol. The van der Waals surface area contributed by atoms with Crippen LogP contribution < -0.4 is 4.90 Å². The fraction of sp³-hybridized carbons (Fsp3) is 0.400. The van der Waals surface area contributed by atoms with Gasteiger partial charge in [-0.2, -0.15) is 4.99 Å². The summed E-state index contributed by atoms with van der Waals surface area (Å²) in [4.78, 5) is 28.0. The van der Waals surface area contributed by atoms with Crippen LogP contribution in [0.2, 0.25) is 0 Å². The molecular formula is C15H15FN2O5S2. The van der Waals surface area contributed by atoms with E-state index in [9.17, 15) is 22.4 Å². The molecule has 25 heavy (non-hydrogen) atoms. The van der Waals surface area contributed by atoms with Crippen molar-refractivity contribution in [3.8, 4) is 0 Å². The van der Waals surface area contributed by atoms with Gasteiger partial charge >= 0.3 is 5.97 Å². The minimum Gasteiger partial charge on any atom is -0.481 e. The Morgan fingerprint density at radius 2 is 2.08 bits per heavy atom. The van der Waals surface area contributed by atoms with Crippen molar-refractivity contribution in [1.29, 1.82) is 0 Å². The SMILES string of the molecule is O=C(O)CCC(=O)N=C1SC2CS(=O)(=O)CC2N1c1cccc(F)c1. The molecule has 1 aromatic carbocycles. The zero-order valence-electron chi connectivity index (χ0n) is 13.0. The first kappa shape index (κ1) is 17.9. The summed E-state index contributed by atoms with van der Waals surface area (Å²) in [5.41, 5.74) is 0.418. The minimum atomic E-state index is -3.20. The molecule has 0 aliphatic carbocycles. The van der Waals surface area contributed by atoms with Crippen LogP contribution in [0.25, 0.3) is 0 Å². The second-order valence-electron chi connectivity index (χ2n) is 5.83. The van der Waals surface area contributed by atoms with E-state index >= 15 is 0 Å². The number of carbonyl (C=O) groups is 2. The number of hydrogen-bond donors (Lipinski definition) is 1. The van der Waals surface area contributed by atoms with E-state index in [0.29, 0.717) is 5.69 Å². The highest BCUT2D eigenvalue weighted by molar-refractivity contribution is 8.16. The molecule has 1 amide bonds. The number of amidine groups is 1. The molecule has 2 atom stereocenters. The van der Waals surface area contributed by atoms with Crippen molar-refractivity contribution in [3.63, 3.8) is 0 Å². The van der Waals surface area contributed by atoms with Crippen LogP contribution in [0.15, 0.2) is 29.3 Å². The molecule has 0 radical (unpaired) electrons. The number of aliphatic carboxylic acids is 1. The summed E-state index contributed by atoms with van der Waals surface area (Å²) in [6.45, 7) is 0. The quantitative estimate of drug-likeness (QED) is 0.831.